The lowest BCUT2D eigenvalue weighted by molar-refractivity contribution is -0.141. The molecule has 0 fully saturated rings. The second kappa shape index (κ2) is 6.62. The number of aromatic nitrogens is 1. The van der Waals surface area contributed by atoms with Crippen LogP contribution in [0.25, 0.3) is 10.2 Å². The molecule has 112 valence electrons. The number of amides is 1. The van der Waals surface area contributed by atoms with Gasteiger partial charge in [-0.1, -0.05) is 24.3 Å². The van der Waals surface area contributed by atoms with Crippen molar-refractivity contribution in [2.45, 2.75) is 26.3 Å². The maximum atomic E-state index is 14.0. The van der Waals surface area contributed by atoms with Gasteiger partial charge in [-0.05, 0) is 18.6 Å². The molecule has 0 radical (unpaired) electrons. The van der Waals surface area contributed by atoms with E-state index >= 15 is 0 Å². The Hall–Kier alpha value is -2.02. The molecule has 5 nitrogen and oxygen atoms in total. The number of para-hydroxylation sites is 1. The number of carbonyl (C=O) groups excluding carboxylic acids is 2. The van der Waals surface area contributed by atoms with Gasteiger partial charge in [0, 0.05) is 6.42 Å². The average molecular weight is 310 g/mol. The molecule has 0 aliphatic carbocycles. The second-order valence-corrected chi connectivity index (χ2v) is 5.40. The first-order valence-corrected chi connectivity index (χ1v) is 7.30. The highest BCUT2D eigenvalue weighted by atomic mass is 32.1. The van der Waals surface area contributed by atoms with E-state index in [0.717, 1.165) is 0 Å². The quantitative estimate of drug-likeness (QED) is 0.814. The summed E-state index contributed by atoms with van der Waals surface area (Å²) < 4.78 is 20.6. The normalized spacial score (nSPS) is 11.9. The van der Waals surface area contributed by atoms with Gasteiger partial charge < -0.3 is 9.30 Å². The molecular weight excluding hydrogens is 295 g/mol. The van der Waals surface area contributed by atoms with Gasteiger partial charge in [0.05, 0.1) is 17.3 Å². The first-order valence-electron chi connectivity index (χ1n) is 6.49. The lowest BCUT2D eigenvalue weighted by Crippen LogP contribution is -2.22. The van der Waals surface area contributed by atoms with Gasteiger partial charge in [-0.2, -0.15) is 4.99 Å². The van der Waals surface area contributed by atoms with Crippen LogP contribution in [0.1, 0.15) is 19.8 Å². The summed E-state index contributed by atoms with van der Waals surface area (Å²) in [5, 5.41) is 0. The van der Waals surface area contributed by atoms with Gasteiger partial charge in [-0.25, -0.2) is 4.39 Å². The fourth-order valence-electron chi connectivity index (χ4n) is 1.89. The van der Waals surface area contributed by atoms with Crippen LogP contribution < -0.4 is 4.80 Å². The van der Waals surface area contributed by atoms with Gasteiger partial charge >= 0.3 is 5.97 Å². The predicted molar refractivity (Wildman–Crippen MR) is 77.3 cm³/mol. The minimum absolute atomic E-state index is 0.185. The molecule has 21 heavy (non-hydrogen) atoms. The minimum Gasteiger partial charge on any atom is -0.468 e. The van der Waals surface area contributed by atoms with Crippen molar-refractivity contribution >= 4 is 33.4 Å². The van der Waals surface area contributed by atoms with Crippen LogP contribution in [0, 0.1) is 5.82 Å². The summed E-state index contributed by atoms with van der Waals surface area (Å²) in [5.41, 5.74) is 0.260. The van der Waals surface area contributed by atoms with Gasteiger partial charge in [0.2, 0.25) is 5.91 Å². The van der Waals surface area contributed by atoms with E-state index in [2.05, 4.69) is 9.73 Å². The Morgan fingerprint density at radius 3 is 2.86 bits per heavy atom. The lowest BCUT2D eigenvalue weighted by atomic mass is 10.3. The molecule has 2 rings (SSSR count). The van der Waals surface area contributed by atoms with Crippen LogP contribution in [0.5, 0.6) is 0 Å². The number of ether oxygens (including phenoxy) is 1. The highest BCUT2D eigenvalue weighted by Crippen LogP contribution is 2.20. The third kappa shape index (κ3) is 3.36. The summed E-state index contributed by atoms with van der Waals surface area (Å²) in [6.07, 6.45) is 0.994. The van der Waals surface area contributed by atoms with Gasteiger partial charge in [0.25, 0.3) is 0 Å². The van der Waals surface area contributed by atoms with E-state index in [4.69, 9.17) is 0 Å². The Bertz CT molecular complexity index is 748. The van der Waals surface area contributed by atoms with Crippen molar-refractivity contribution in [2.24, 2.45) is 4.99 Å². The number of halogens is 1. The fourth-order valence-corrected chi connectivity index (χ4v) is 2.95. The summed E-state index contributed by atoms with van der Waals surface area (Å²) in [5.74, 6) is -1.28. The second-order valence-electron chi connectivity index (χ2n) is 4.39. The van der Waals surface area contributed by atoms with Crippen molar-refractivity contribution in [3.05, 3.63) is 28.8 Å². The Morgan fingerprint density at radius 1 is 1.43 bits per heavy atom. The molecule has 1 aromatic heterocycles. The van der Waals surface area contributed by atoms with Crippen molar-refractivity contribution in [1.29, 1.82) is 0 Å². The summed E-state index contributed by atoms with van der Waals surface area (Å²) in [4.78, 5) is 27.5. The SMILES string of the molecule is CCCC(=O)N=c1sc2cccc(F)c2n1CC(=O)OC. The third-order valence-corrected chi connectivity index (χ3v) is 3.89. The average Bonchev–Trinajstić information content (AvgIpc) is 2.78. The molecule has 0 N–H and O–H groups in total. The van der Waals surface area contributed by atoms with E-state index in [1.54, 1.807) is 12.1 Å². The number of benzene rings is 1. The molecule has 0 saturated heterocycles. The molecule has 0 atom stereocenters. The summed E-state index contributed by atoms with van der Waals surface area (Å²) in [7, 11) is 1.26. The van der Waals surface area contributed by atoms with E-state index in [9.17, 15) is 14.0 Å². The molecule has 7 heteroatoms. The number of fused-ring (bicyclic) bond motifs is 1. The number of carbonyl (C=O) groups is 2. The first kappa shape index (κ1) is 15.4. The number of nitrogens with zero attached hydrogens (tertiary/aromatic N) is 2. The number of methoxy groups -OCH3 is 1. The predicted octanol–water partition coefficient (Wildman–Crippen LogP) is 2.24. The molecule has 2 aromatic rings. The van der Waals surface area contributed by atoms with Crippen LogP contribution in [0.4, 0.5) is 4.39 Å². The van der Waals surface area contributed by atoms with E-state index in [-0.39, 0.29) is 18.0 Å². The number of rotatable bonds is 4. The van der Waals surface area contributed by atoms with Crippen molar-refractivity contribution in [1.82, 2.24) is 4.57 Å². The molecule has 0 bridgehead atoms. The van der Waals surface area contributed by atoms with Gasteiger partial charge in [-0.15, -0.1) is 0 Å². The zero-order chi connectivity index (χ0) is 15.4. The van der Waals surface area contributed by atoms with Crippen LogP contribution >= 0.6 is 11.3 Å². The topological polar surface area (TPSA) is 60.7 Å². The number of hydrogen-bond donors (Lipinski definition) is 0. The summed E-state index contributed by atoms with van der Waals surface area (Å²) in [6.45, 7) is 1.69. The molecule has 0 aliphatic rings. The van der Waals surface area contributed by atoms with Crippen LogP contribution in [-0.2, 0) is 20.9 Å². The highest BCUT2D eigenvalue weighted by Gasteiger charge is 2.14. The molecule has 0 unspecified atom stereocenters. The Morgan fingerprint density at radius 2 is 2.19 bits per heavy atom. The number of hydrogen-bond acceptors (Lipinski definition) is 4. The Labute approximate surface area is 124 Å². The zero-order valence-electron chi connectivity index (χ0n) is 11.8. The number of esters is 1. The van der Waals surface area contributed by atoms with Crippen molar-refractivity contribution < 1.29 is 18.7 Å². The molecule has 0 aliphatic heterocycles. The largest absolute Gasteiger partial charge is 0.468 e. The summed E-state index contributed by atoms with van der Waals surface area (Å²) >= 11 is 1.17. The fraction of sp³-hybridized carbons (Fsp3) is 0.357. The van der Waals surface area contributed by atoms with E-state index in [1.807, 2.05) is 6.92 Å². The van der Waals surface area contributed by atoms with Crippen molar-refractivity contribution in [3.8, 4) is 0 Å². The molecular formula is C14H15FN2O3S. The van der Waals surface area contributed by atoms with Crippen LogP contribution in [0.15, 0.2) is 23.2 Å². The van der Waals surface area contributed by atoms with Gasteiger partial charge in [0.1, 0.15) is 12.4 Å². The first-order chi connectivity index (χ1) is 10.1. The van der Waals surface area contributed by atoms with Crippen LogP contribution in [0.2, 0.25) is 0 Å². The molecule has 1 heterocycles. The lowest BCUT2D eigenvalue weighted by Gasteiger charge is -2.04. The van der Waals surface area contributed by atoms with Crippen molar-refractivity contribution in [2.75, 3.05) is 7.11 Å². The molecule has 1 aromatic carbocycles. The van der Waals surface area contributed by atoms with E-state index in [0.29, 0.717) is 22.3 Å². The van der Waals surface area contributed by atoms with E-state index < -0.39 is 11.8 Å². The minimum atomic E-state index is -0.526. The monoisotopic (exact) mass is 310 g/mol. The smallest absolute Gasteiger partial charge is 0.325 e. The third-order valence-electron chi connectivity index (χ3n) is 2.85. The maximum Gasteiger partial charge on any atom is 0.325 e. The van der Waals surface area contributed by atoms with Gasteiger partial charge in [0.15, 0.2) is 4.80 Å². The molecule has 1 amide bonds. The zero-order valence-corrected chi connectivity index (χ0v) is 12.6. The molecule has 0 saturated carbocycles. The van der Waals surface area contributed by atoms with Crippen LogP contribution in [0.3, 0.4) is 0 Å². The summed E-state index contributed by atoms with van der Waals surface area (Å²) in [6, 6.07) is 4.61. The number of thiazole rings is 1. The van der Waals surface area contributed by atoms with Crippen LogP contribution in [-0.4, -0.2) is 23.6 Å². The van der Waals surface area contributed by atoms with E-state index in [1.165, 1.54) is 29.1 Å². The van der Waals surface area contributed by atoms with Crippen molar-refractivity contribution in [3.63, 3.8) is 0 Å². The maximum absolute atomic E-state index is 14.0. The Balaban J connectivity index is 2.63. The Kier molecular flexibility index (Phi) is 4.85. The molecule has 0 spiro atoms. The standard InChI is InChI=1S/C14H15FN2O3S/c1-3-5-11(18)16-14-17(8-12(19)20-2)13-9(15)6-4-7-10(13)21-14/h4,6-7H,3,5,8H2,1-2H3. The highest BCUT2D eigenvalue weighted by molar-refractivity contribution is 7.16. The van der Waals surface area contributed by atoms with Gasteiger partial charge in [-0.3, -0.25) is 9.59 Å².